The maximum Gasteiger partial charge on any atom is 0.323 e. The summed E-state index contributed by atoms with van der Waals surface area (Å²) in [7, 11) is 0. The van der Waals surface area contributed by atoms with Gasteiger partial charge in [-0.1, -0.05) is 17.7 Å². The normalized spacial score (nSPS) is 16.2. The van der Waals surface area contributed by atoms with Crippen molar-refractivity contribution in [2.75, 3.05) is 12.0 Å². The number of anilines is 1. The van der Waals surface area contributed by atoms with Crippen molar-refractivity contribution in [3.8, 4) is 5.75 Å². The highest BCUT2D eigenvalue weighted by molar-refractivity contribution is 6.31. The van der Waals surface area contributed by atoms with Gasteiger partial charge in [-0.25, -0.2) is 4.79 Å². The van der Waals surface area contributed by atoms with Gasteiger partial charge in [-0.3, -0.25) is 29.3 Å². The number of benzene rings is 2. The fourth-order valence-electron chi connectivity index (χ4n) is 4.57. The topological polar surface area (TPSA) is 191 Å². The molecular formula is C27H29ClN6O7. The zero-order chi connectivity index (χ0) is 29.8. The van der Waals surface area contributed by atoms with Gasteiger partial charge in [0, 0.05) is 47.6 Å². The van der Waals surface area contributed by atoms with Crippen molar-refractivity contribution in [1.29, 1.82) is 0 Å². The molecule has 2 aromatic carbocycles. The second-order valence-corrected chi connectivity index (χ2v) is 10.3. The molecule has 0 aliphatic carbocycles. The van der Waals surface area contributed by atoms with Crippen LogP contribution >= 0.6 is 11.6 Å². The van der Waals surface area contributed by atoms with Crippen LogP contribution in [0.15, 0.2) is 30.3 Å². The number of hydrogen-bond donors (Lipinski definition) is 5. The number of carbonyl (C=O) groups excluding carboxylic acids is 6. The minimum absolute atomic E-state index is 0.0750. The highest BCUT2D eigenvalue weighted by atomic mass is 35.5. The molecule has 1 saturated heterocycles. The molecule has 2 heterocycles. The van der Waals surface area contributed by atoms with Crippen molar-refractivity contribution < 1.29 is 33.9 Å². The van der Waals surface area contributed by atoms with Crippen LogP contribution in [0.3, 0.4) is 0 Å². The SMILES string of the molecule is Cc1ccc(NC(=O)N(CNC(=O)CCC(N)=O)Cc2cc3c(cc2O)C(=O)N(C2CCC(=O)NC2=O)C3)cc1Cl. The molecule has 0 spiro atoms. The molecule has 14 heteroatoms. The maximum absolute atomic E-state index is 13.2. The van der Waals surface area contributed by atoms with Crippen LogP contribution in [0.2, 0.25) is 5.02 Å². The van der Waals surface area contributed by atoms with Gasteiger partial charge in [-0.2, -0.15) is 0 Å². The molecule has 2 aliphatic rings. The zero-order valence-corrected chi connectivity index (χ0v) is 22.9. The van der Waals surface area contributed by atoms with Gasteiger partial charge in [0.25, 0.3) is 5.91 Å². The lowest BCUT2D eigenvalue weighted by atomic mass is 10.0. The van der Waals surface area contributed by atoms with E-state index >= 15 is 0 Å². The van der Waals surface area contributed by atoms with Gasteiger partial charge in [-0.05, 0) is 48.7 Å². The molecule has 7 amide bonds. The molecule has 0 radical (unpaired) electrons. The fourth-order valence-corrected chi connectivity index (χ4v) is 4.75. The summed E-state index contributed by atoms with van der Waals surface area (Å²) in [4.78, 5) is 76.0. The van der Waals surface area contributed by atoms with Crippen molar-refractivity contribution in [3.05, 3.63) is 57.6 Å². The van der Waals surface area contributed by atoms with E-state index in [1.54, 1.807) is 24.3 Å². The van der Waals surface area contributed by atoms with Crippen LogP contribution in [0, 0.1) is 6.92 Å². The summed E-state index contributed by atoms with van der Waals surface area (Å²) in [5.74, 6) is -2.83. The molecule has 2 aromatic rings. The van der Waals surface area contributed by atoms with Crippen molar-refractivity contribution in [1.82, 2.24) is 20.4 Å². The van der Waals surface area contributed by atoms with Crippen molar-refractivity contribution in [2.45, 2.75) is 51.7 Å². The second-order valence-electron chi connectivity index (χ2n) is 9.85. The lowest BCUT2D eigenvalue weighted by Crippen LogP contribution is -2.52. The quantitative estimate of drug-likeness (QED) is 0.218. The van der Waals surface area contributed by atoms with Crippen molar-refractivity contribution in [3.63, 3.8) is 0 Å². The molecule has 2 aliphatic heterocycles. The Morgan fingerprint density at radius 2 is 1.93 bits per heavy atom. The third-order valence-corrected chi connectivity index (χ3v) is 7.27. The number of nitrogens with zero attached hydrogens (tertiary/aromatic N) is 2. The standard InChI is InChI=1S/C27H29ClN6O7/c1-14-2-3-17(9-19(14)28)31-27(41)33(13-30-23(37)7-5-22(29)36)11-16-8-15-12-34(26(40)18(15)10-21(16)35)20-4-6-24(38)32-25(20)39/h2-3,8-10,20,35H,4-7,11-13H2,1H3,(H2,29,36)(H,30,37)(H,31,41)(H,32,38,39). The van der Waals surface area contributed by atoms with E-state index in [1.165, 1.54) is 15.9 Å². The monoisotopic (exact) mass is 584 g/mol. The summed E-state index contributed by atoms with van der Waals surface area (Å²) < 4.78 is 0. The van der Waals surface area contributed by atoms with Crippen LogP contribution in [0.1, 0.15) is 52.7 Å². The molecule has 0 saturated carbocycles. The van der Waals surface area contributed by atoms with E-state index in [1.807, 2.05) is 6.92 Å². The van der Waals surface area contributed by atoms with Crippen LogP contribution in [-0.2, 0) is 32.3 Å². The minimum atomic E-state index is -0.822. The Kier molecular flexibility index (Phi) is 8.77. The number of halogens is 1. The molecule has 0 bridgehead atoms. The number of amides is 7. The van der Waals surface area contributed by atoms with Crippen molar-refractivity contribution in [2.24, 2.45) is 5.73 Å². The molecule has 216 valence electrons. The maximum atomic E-state index is 13.2. The highest BCUT2D eigenvalue weighted by Gasteiger charge is 2.39. The first-order valence-corrected chi connectivity index (χ1v) is 13.2. The molecule has 1 unspecified atom stereocenters. The molecule has 41 heavy (non-hydrogen) atoms. The van der Waals surface area contributed by atoms with E-state index in [0.717, 1.165) is 5.56 Å². The van der Waals surface area contributed by atoms with Crippen LogP contribution in [-0.4, -0.2) is 63.2 Å². The molecule has 0 aromatic heterocycles. The van der Waals surface area contributed by atoms with E-state index in [9.17, 15) is 33.9 Å². The largest absolute Gasteiger partial charge is 0.508 e. The smallest absolute Gasteiger partial charge is 0.323 e. The fraction of sp³-hybridized carbons (Fsp3) is 0.333. The van der Waals surface area contributed by atoms with E-state index in [0.29, 0.717) is 16.3 Å². The van der Waals surface area contributed by atoms with Gasteiger partial charge in [0.1, 0.15) is 11.8 Å². The number of phenolic OH excluding ortho intramolecular Hbond substituents is 1. The van der Waals surface area contributed by atoms with Crippen LogP contribution < -0.4 is 21.7 Å². The number of rotatable bonds is 9. The third-order valence-electron chi connectivity index (χ3n) is 6.86. The summed E-state index contributed by atoms with van der Waals surface area (Å²) in [6, 6.07) is 6.35. The van der Waals surface area contributed by atoms with E-state index in [-0.39, 0.29) is 62.3 Å². The number of nitrogens with one attached hydrogen (secondary N) is 3. The van der Waals surface area contributed by atoms with E-state index < -0.39 is 41.6 Å². The predicted octanol–water partition coefficient (Wildman–Crippen LogP) is 1.49. The number of primary amides is 1. The number of aromatic hydroxyl groups is 1. The molecule has 4 rings (SSSR count). The van der Waals surface area contributed by atoms with Crippen LogP contribution in [0.5, 0.6) is 5.75 Å². The Morgan fingerprint density at radius 3 is 2.61 bits per heavy atom. The third kappa shape index (κ3) is 6.92. The average Bonchev–Trinajstić information content (AvgIpc) is 3.22. The van der Waals surface area contributed by atoms with E-state index in [2.05, 4.69) is 16.0 Å². The summed E-state index contributed by atoms with van der Waals surface area (Å²) in [5, 5.41) is 18.7. The number of piperidine rings is 1. The minimum Gasteiger partial charge on any atom is -0.508 e. The number of imide groups is 1. The summed E-state index contributed by atoms with van der Waals surface area (Å²) in [6.45, 7) is 1.43. The van der Waals surface area contributed by atoms with Gasteiger partial charge < -0.3 is 31.3 Å². The van der Waals surface area contributed by atoms with Gasteiger partial charge in [0.15, 0.2) is 0 Å². The molecule has 6 N–H and O–H groups in total. The molecular weight excluding hydrogens is 556 g/mol. The summed E-state index contributed by atoms with van der Waals surface area (Å²) in [5.41, 5.74) is 7.34. The first-order valence-electron chi connectivity index (χ1n) is 12.8. The Labute approximate surface area is 240 Å². The predicted molar refractivity (Wildman–Crippen MR) is 146 cm³/mol. The van der Waals surface area contributed by atoms with Gasteiger partial charge in [-0.15, -0.1) is 0 Å². The Morgan fingerprint density at radius 1 is 1.17 bits per heavy atom. The Bertz CT molecular complexity index is 1450. The summed E-state index contributed by atoms with van der Waals surface area (Å²) >= 11 is 6.17. The highest BCUT2D eigenvalue weighted by Crippen LogP contribution is 2.33. The van der Waals surface area contributed by atoms with Gasteiger partial charge in [0.05, 0.1) is 13.2 Å². The average molecular weight is 585 g/mol. The zero-order valence-electron chi connectivity index (χ0n) is 22.2. The molecule has 13 nitrogen and oxygen atoms in total. The van der Waals surface area contributed by atoms with Gasteiger partial charge >= 0.3 is 6.03 Å². The molecule has 1 atom stereocenters. The number of fused-ring (bicyclic) bond motifs is 1. The van der Waals surface area contributed by atoms with Crippen molar-refractivity contribution >= 4 is 52.9 Å². The van der Waals surface area contributed by atoms with Crippen LogP contribution in [0.25, 0.3) is 0 Å². The number of aryl methyl sites for hydroxylation is 1. The van der Waals surface area contributed by atoms with Gasteiger partial charge in [0.2, 0.25) is 23.6 Å². The Balaban J connectivity index is 1.53. The lowest BCUT2D eigenvalue weighted by Gasteiger charge is -2.29. The summed E-state index contributed by atoms with van der Waals surface area (Å²) in [6.07, 6.45) is -0.0337. The first kappa shape index (κ1) is 29.3. The molecule has 1 fully saturated rings. The first-order chi connectivity index (χ1) is 19.4. The number of hydrogen-bond acceptors (Lipinski definition) is 7. The Hall–Kier alpha value is -4.65. The number of urea groups is 1. The lowest BCUT2D eigenvalue weighted by molar-refractivity contribution is -0.137. The second kappa shape index (κ2) is 12.3. The number of phenols is 1. The van der Waals surface area contributed by atoms with Crippen LogP contribution in [0.4, 0.5) is 10.5 Å². The number of carbonyl (C=O) groups is 6. The number of nitrogens with two attached hydrogens (primary N) is 1. The van der Waals surface area contributed by atoms with E-state index in [4.69, 9.17) is 17.3 Å².